The van der Waals surface area contributed by atoms with Crippen molar-refractivity contribution in [2.45, 2.75) is 11.4 Å². The number of hydrogen-bond donors (Lipinski definition) is 0. The zero-order valence-corrected chi connectivity index (χ0v) is 14.1. The zero-order valence-electron chi connectivity index (χ0n) is 12.4. The number of hydrogen-bond acceptors (Lipinski definition) is 4. The van der Waals surface area contributed by atoms with Crippen molar-refractivity contribution in [2.24, 2.45) is 0 Å². The molecule has 3 nitrogen and oxygen atoms in total. The highest BCUT2D eigenvalue weighted by molar-refractivity contribution is 7.98. The Morgan fingerprint density at radius 2 is 1.91 bits per heavy atom. The van der Waals surface area contributed by atoms with E-state index in [1.54, 1.807) is 28.0 Å². The van der Waals surface area contributed by atoms with Gasteiger partial charge in [-0.2, -0.15) is 0 Å². The minimum Gasteiger partial charge on any atom is -0.335 e. The summed E-state index contributed by atoms with van der Waals surface area (Å²) in [6.45, 7) is 0.530. The second-order valence-corrected chi connectivity index (χ2v) is 6.96. The van der Waals surface area contributed by atoms with Crippen LogP contribution in [0.25, 0.3) is 10.2 Å². The van der Waals surface area contributed by atoms with Gasteiger partial charge in [0.15, 0.2) is 0 Å². The molecule has 0 aliphatic heterocycles. The van der Waals surface area contributed by atoms with Crippen LogP contribution < -0.4 is 0 Å². The van der Waals surface area contributed by atoms with E-state index in [1.807, 2.05) is 55.8 Å². The molecule has 0 bridgehead atoms. The molecular weight excluding hydrogens is 312 g/mol. The van der Waals surface area contributed by atoms with Gasteiger partial charge in [0.25, 0.3) is 5.91 Å². The molecule has 1 amide bonds. The molecule has 0 aliphatic rings. The van der Waals surface area contributed by atoms with Crippen molar-refractivity contribution in [2.75, 3.05) is 13.3 Å². The molecule has 5 heteroatoms. The third-order valence-electron chi connectivity index (χ3n) is 3.39. The summed E-state index contributed by atoms with van der Waals surface area (Å²) in [6, 6.07) is 15.7. The summed E-state index contributed by atoms with van der Waals surface area (Å²) < 4.78 is 1.16. The highest BCUT2D eigenvalue weighted by atomic mass is 32.2. The Labute approximate surface area is 138 Å². The van der Waals surface area contributed by atoms with E-state index in [2.05, 4.69) is 11.1 Å². The van der Waals surface area contributed by atoms with Gasteiger partial charge in [-0.1, -0.05) is 12.1 Å². The monoisotopic (exact) mass is 328 g/mol. The summed E-state index contributed by atoms with van der Waals surface area (Å²) in [5, 5.41) is 0.956. The van der Waals surface area contributed by atoms with Gasteiger partial charge in [-0.3, -0.25) is 4.79 Å². The number of para-hydroxylation sites is 1. The van der Waals surface area contributed by atoms with Gasteiger partial charge >= 0.3 is 0 Å². The first-order valence-corrected chi connectivity index (χ1v) is 8.95. The lowest BCUT2D eigenvalue weighted by atomic mass is 10.2. The van der Waals surface area contributed by atoms with Gasteiger partial charge < -0.3 is 4.90 Å². The Morgan fingerprint density at radius 3 is 2.59 bits per heavy atom. The van der Waals surface area contributed by atoms with E-state index in [-0.39, 0.29) is 5.91 Å². The summed E-state index contributed by atoms with van der Waals surface area (Å²) in [6.07, 6.45) is 2.02. The summed E-state index contributed by atoms with van der Waals surface area (Å²) in [5.41, 5.74) is 1.70. The topological polar surface area (TPSA) is 33.2 Å². The van der Waals surface area contributed by atoms with Crippen LogP contribution in [-0.2, 0) is 6.54 Å². The Morgan fingerprint density at radius 1 is 1.18 bits per heavy atom. The van der Waals surface area contributed by atoms with Gasteiger partial charge in [-0.05, 0) is 42.7 Å². The number of carbonyl (C=O) groups excluding carboxylic acids is 1. The predicted octanol–water partition coefficient (Wildman–Crippen LogP) is 4.29. The number of nitrogens with zero attached hydrogens (tertiary/aromatic N) is 2. The summed E-state index contributed by atoms with van der Waals surface area (Å²) in [5.74, 6) is 0.0203. The van der Waals surface area contributed by atoms with Crippen molar-refractivity contribution < 1.29 is 4.79 Å². The second-order valence-electron chi connectivity index (χ2n) is 4.97. The largest absolute Gasteiger partial charge is 0.335 e. The van der Waals surface area contributed by atoms with E-state index in [0.29, 0.717) is 12.1 Å². The molecule has 22 heavy (non-hydrogen) atoms. The lowest BCUT2D eigenvalue weighted by Crippen LogP contribution is -2.26. The van der Waals surface area contributed by atoms with Crippen LogP contribution >= 0.6 is 23.1 Å². The number of carbonyl (C=O) groups is 1. The van der Waals surface area contributed by atoms with Crippen LogP contribution in [0.5, 0.6) is 0 Å². The van der Waals surface area contributed by atoms with Gasteiger partial charge in [-0.25, -0.2) is 4.98 Å². The van der Waals surface area contributed by atoms with Crippen LogP contribution in [0.15, 0.2) is 53.4 Å². The van der Waals surface area contributed by atoms with Crippen LogP contribution in [-0.4, -0.2) is 29.1 Å². The number of fused-ring (bicyclic) bond motifs is 1. The summed E-state index contributed by atoms with van der Waals surface area (Å²) >= 11 is 3.31. The Kier molecular flexibility index (Phi) is 4.45. The molecule has 1 aromatic heterocycles. The van der Waals surface area contributed by atoms with Gasteiger partial charge in [0.2, 0.25) is 0 Å². The fourth-order valence-corrected chi connectivity index (χ4v) is 3.65. The first kappa shape index (κ1) is 15.1. The van der Waals surface area contributed by atoms with Crippen LogP contribution in [0.1, 0.15) is 15.4 Å². The molecule has 0 fully saturated rings. The first-order chi connectivity index (χ1) is 10.7. The fourth-order valence-electron chi connectivity index (χ4n) is 2.22. The van der Waals surface area contributed by atoms with Crippen LogP contribution in [0.3, 0.4) is 0 Å². The van der Waals surface area contributed by atoms with Crippen molar-refractivity contribution in [3.05, 3.63) is 59.1 Å². The zero-order chi connectivity index (χ0) is 15.5. The molecule has 1 heterocycles. The molecule has 0 radical (unpaired) electrons. The number of rotatable bonds is 4. The molecule has 0 unspecified atom stereocenters. The third kappa shape index (κ3) is 3.15. The molecule has 0 saturated heterocycles. The highest BCUT2D eigenvalue weighted by Crippen LogP contribution is 2.23. The molecule has 0 atom stereocenters. The molecule has 3 rings (SSSR count). The van der Waals surface area contributed by atoms with E-state index in [1.165, 1.54) is 0 Å². The molecule has 0 saturated carbocycles. The first-order valence-electron chi connectivity index (χ1n) is 6.91. The van der Waals surface area contributed by atoms with Gasteiger partial charge in [-0.15, -0.1) is 23.1 Å². The maximum Gasteiger partial charge on any atom is 0.253 e. The summed E-state index contributed by atoms with van der Waals surface area (Å²) in [7, 11) is 1.82. The lowest BCUT2D eigenvalue weighted by Gasteiger charge is -2.15. The number of thiazole rings is 1. The predicted molar refractivity (Wildman–Crippen MR) is 93.6 cm³/mol. The van der Waals surface area contributed by atoms with Crippen molar-refractivity contribution in [1.29, 1.82) is 0 Å². The van der Waals surface area contributed by atoms with E-state index in [4.69, 9.17) is 0 Å². The molecular formula is C17H16N2OS2. The van der Waals surface area contributed by atoms with Crippen molar-refractivity contribution in [1.82, 2.24) is 9.88 Å². The Balaban J connectivity index is 1.74. The fraction of sp³-hybridized carbons (Fsp3) is 0.176. The van der Waals surface area contributed by atoms with E-state index in [9.17, 15) is 4.79 Å². The van der Waals surface area contributed by atoms with E-state index in [0.717, 1.165) is 20.1 Å². The molecule has 0 spiro atoms. The molecule has 2 aromatic carbocycles. The standard InChI is InChI=1S/C17H16N2OS2/c1-19(17(20)12-7-9-13(21-2)10-8-12)11-16-18-14-5-3-4-6-15(14)22-16/h3-10H,11H2,1-2H3. The number of thioether (sulfide) groups is 1. The normalized spacial score (nSPS) is 10.8. The molecule has 3 aromatic rings. The minimum absolute atomic E-state index is 0.0203. The maximum atomic E-state index is 12.5. The smallest absolute Gasteiger partial charge is 0.253 e. The summed E-state index contributed by atoms with van der Waals surface area (Å²) in [4.78, 5) is 19.9. The van der Waals surface area contributed by atoms with E-state index < -0.39 is 0 Å². The highest BCUT2D eigenvalue weighted by Gasteiger charge is 2.14. The van der Waals surface area contributed by atoms with Gasteiger partial charge in [0.05, 0.1) is 16.8 Å². The van der Waals surface area contributed by atoms with Gasteiger partial charge in [0.1, 0.15) is 5.01 Å². The van der Waals surface area contributed by atoms with Crippen LogP contribution in [0.2, 0.25) is 0 Å². The van der Waals surface area contributed by atoms with Crippen molar-refractivity contribution in [3.8, 4) is 0 Å². The average Bonchev–Trinajstić information content (AvgIpc) is 2.96. The lowest BCUT2D eigenvalue weighted by molar-refractivity contribution is 0.0785. The number of aromatic nitrogens is 1. The van der Waals surface area contributed by atoms with Crippen molar-refractivity contribution in [3.63, 3.8) is 0 Å². The molecule has 0 N–H and O–H groups in total. The Hall–Kier alpha value is -1.85. The quantitative estimate of drug-likeness (QED) is 0.670. The van der Waals surface area contributed by atoms with Crippen LogP contribution in [0, 0.1) is 0 Å². The van der Waals surface area contributed by atoms with Crippen LogP contribution in [0.4, 0.5) is 0 Å². The van der Waals surface area contributed by atoms with Crippen molar-refractivity contribution >= 4 is 39.2 Å². The number of amides is 1. The SMILES string of the molecule is CSc1ccc(C(=O)N(C)Cc2nc3ccccc3s2)cc1. The maximum absolute atomic E-state index is 12.5. The Bertz CT molecular complexity index is 763. The van der Waals surface area contributed by atoms with E-state index >= 15 is 0 Å². The third-order valence-corrected chi connectivity index (χ3v) is 5.16. The average molecular weight is 328 g/mol. The van der Waals surface area contributed by atoms with Gasteiger partial charge in [0, 0.05) is 17.5 Å². The minimum atomic E-state index is 0.0203. The second kappa shape index (κ2) is 6.50. The molecule has 0 aliphatic carbocycles. The number of benzene rings is 2. The molecule has 112 valence electrons.